The zero-order valence-corrected chi connectivity index (χ0v) is 19.1. The van der Waals surface area contributed by atoms with Crippen LogP contribution in [0.3, 0.4) is 0 Å². The number of carbonyl (C=O) groups excluding carboxylic acids is 1. The van der Waals surface area contributed by atoms with Crippen LogP contribution in [-0.4, -0.2) is 27.4 Å². The van der Waals surface area contributed by atoms with Crippen molar-refractivity contribution in [3.8, 4) is 11.4 Å². The average molecular weight is 474 g/mol. The number of hydrogen-bond donors (Lipinski definition) is 1. The first-order chi connectivity index (χ1) is 16.9. The van der Waals surface area contributed by atoms with Crippen molar-refractivity contribution in [2.45, 2.75) is 19.5 Å². The van der Waals surface area contributed by atoms with E-state index in [4.69, 9.17) is 4.74 Å². The zero-order valence-electron chi connectivity index (χ0n) is 19.1. The van der Waals surface area contributed by atoms with Crippen LogP contribution >= 0.6 is 0 Å². The largest absolute Gasteiger partial charge is 0.497 e. The highest BCUT2D eigenvalue weighted by Crippen LogP contribution is 2.14. The molecule has 0 radical (unpaired) electrons. The predicted octanol–water partition coefficient (Wildman–Crippen LogP) is 3.08. The fourth-order valence-electron chi connectivity index (χ4n) is 3.58. The Morgan fingerprint density at radius 1 is 1.00 bits per heavy atom. The van der Waals surface area contributed by atoms with Gasteiger partial charge in [-0.05, 0) is 42.8 Å². The Morgan fingerprint density at radius 2 is 1.66 bits per heavy atom. The number of ether oxygens (including phenoxy) is 1. The van der Waals surface area contributed by atoms with Gasteiger partial charge in [-0.15, -0.1) is 0 Å². The van der Waals surface area contributed by atoms with E-state index in [-0.39, 0.29) is 12.1 Å². The number of amides is 1. The van der Waals surface area contributed by atoms with E-state index in [0.29, 0.717) is 11.4 Å². The van der Waals surface area contributed by atoms with Crippen LogP contribution in [0.15, 0.2) is 88.5 Å². The van der Waals surface area contributed by atoms with Gasteiger partial charge in [0.25, 0.3) is 11.5 Å². The molecule has 1 amide bonds. The quantitative estimate of drug-likeness (QED) is 0.444. The highest BCUT2D eigenvalue weighted by molar-refractivity contribution is 5.92. The van der Waals surface area contributed by atoms with Crippen molar-refractivity contribution < 1.29 is 13.9 Å². The van der Waals surface area contributed by atoms with Crippen molar-refractivity contribution in [2.24, 2.45) is 0 Å². The molecular weight excluding hydrogens is 451 g/mol. The average Bonchev–Trinajstić information content (AvgIpc) is 2.88. The highest BCUT2D eigenvalue weighted by atomic mass is 19.1. The third kappa shape index (κ3) is 5.03. The first kappa shape index (κ1) is 23.6. The van der Waals surface area contributed by atoms with Crippen molar-refractivity contribution in [1.29, 1.82) is 0 Å². The Balaban J connectivity index is 1.81. The first-order valence-electron chi connectivity index (χ1n) is 10.9. The highest BCUT2D eigenvalue weighted by Gasteiger charge is 2.22. The molecule has 4 rings (SSSR count). The third-order valence-corrected chi connectivity index (χ3v) is 5.53. The van der Waals surface area contributed by atoms with E-state index >= 15 is 0 Å². The lowest BCUT2D eigenvalue weighted by Gasteiger charge is -2.16. The van der Waals surface area contributed by atoms with Crippen LogP contribution in [0, 0.1) is 5.82 Å². The van der Waals surface area contributed by atoms with Crippen LogP contribution in [0.2, 0.25) is 0 Å². The van der Waals surface area contributed by atoms with Crippen molar-refractivity contribution in [1.82, 2.24) is 19.7 Å². The molecule has 4 aromatic rings. The van der Waals surface area contributed by atoms with Crippen molar-refractivity contribution in [2.75, 3.05) is 7.11 Å². The minimum Gasteiger partial charge on any atom is -0.497 e. The Morgan fingerprint density at radius 3 is 2.31 bits per heavy atom. The molecule has 1 heterocycles. The van der Waals surface area contributed by atoms with Crippen LogP contribution in [0.5, 0.6) is 5.75 Å². The summed E-state index contributed by atoms with van der Waals surface area (Å²) in [5.74, 6) is -0.776. The Bertz CT molecular complexity index is 1460. The standard InChI is InChI=1S/C26H23FN4O4/c1-17(18-8-4-3-5-9-18)28-24(32)23-25(33)30(16-19-10-6-7-11-22(19)27)26(34)31(29-23)20-12-14-21(35-2)15-13-20/h3-15,17H,16H2,1-2H3,(H,28,32). The van der Waals surface area contributed by atoms with E-state index in [1.165, 1.54) is 25.3 Å². The minimum atomic E-state index is -0.916. The van der Waals surface area contributed by atoms with Crippen LogP contribution in [-0.2, 0) is 6.54 Å². The van der Waals surface area contributed by atoms with Crippen molar-refractivity contribution in [3.05, 3.63) is 122 Å². The molecule has 1 unspecified atom stereocenters. The molecule has 35 heavy (non-hydrogen) atoms. The van der Waals surface area contributed by atoms with E-state index in [1.54, 1.807) is 37.3 Å². The number of nitrogens with zero attached hydrogens (tertiary/aromatic N) is 3. The number of rotatable bonds is 7. The van der Waals surface area contributed by atoms with E-state index in [2.05, 4.69) is 10.4 Å². The van der Waals surface area contributed by atoms with Gasteiger partial charge in [-0.3, -0.25) is 14.2 Å². The molecule has 9 heteroatoms. The first-order valence-corrected chi connectivity index (χ1v) is 10.9. The molecule has 1 N–H and O–H groups in total. The molecule has 8 nitrogen and oxygen atoms in total. The SMILES string of the molecule is COc1ccc(-n2nc(C(=O)NC(C)c3ccccc3)c(=O)n(Cc3ccccc3F)c2=O)cc1. The molecule has 178 valence electrons. The zero-order chi connectivity index (χ0) is 24.9. The fraction of sp³-hybridized carbons (Fsp3) is 0.154. The second kappa shape index (κ2) is 10.2. The summed E-state index contributed by atoms with van der Waals surface area (Å²) in [7, 11) is 1.50. The molecule has 1 aromatic heterocycles. The number of hydrogen-bond acceptors (Lipinski definition) is 5. The lowest BCUT2D eigenvalue weighted by molar-refractivity contribution is 0.0930. The van der Waals surface area contributed by atoms with Gasteiger partial charge < -0.3 is 10.1 Å². The summed E-state index contributed by atoms with van der Waals surface area (Å²) in [5.41, 5.74) is -0.946. The molecular formula is C26H23FN4O4. The lowest BCUT2D eigenvalue weighted by atomic mass is 10.1. The Hall–Kier alpha value is -4.53. The third-order valence-electron chi connectivity index (χ3n) is 5.53. The van der Waals surface area contributed by atoms with Crippen LogP contribution in [0.1, 0.15) is 34.6 Å². The molecule has 0 aliphatic carbocycles. The van der Waals surface area contributed by atoms with Gasteiger partial charge in [-0.25, -0.2) is 9.18 Å². The van der Waals surface area contributed by atoms with Gasteiger partial charge in [0.2, 0.25) is 5.69 Å². The predicted molar refractivity (Wildman–Crippen MR) is 128 cm³/mol. The smallest absolute Gasteiger partial charge is 0.352 e. The Kier molecular flexibility index (Phi) is 6.86. The fourth-order valence-corrected chi connectivity index (χ4v) is 3.58. The normalized spacial score (nSPS) is 11.6. The van der Waals surface area contributed by atoms with Crippen LogP contribution in [0.4, 0.5) is 4.39 Å². The van der Waals surface area contributed by atoms with Gasteiger partial charge in [-0.2, -0.15) is 9.78 Å². The molecule has 0 aliphatic heterocycles. The molecule has 0 saturated heterocycles. The molecule has 3 aromatic carbocycles. The molecule has 1 atom stereocenters. The van der Waals surface area contributed by atoms with Gasteiger partial charge in [0.1, 0.15) is 11.6 Å². The summed E-state index contributed by atoms with van der Waals surface area (Å²) in [6.07, 6.45) is 0. The summed E-state index contributed by atoms with van der Waals surface area (Å²) in [4.78, 5) is 39.6. The second-order valence-electron chi connectivity index (χ2n) is 7.83. The van der Waals surface area contributed by atoms with Gasteiger partial charge in [0.05, 0.1) is 25.4 Å². The summed E-state index contributed by atoms with van der Waals surface area (Å²) in [6.45, 7) is 1.40. The number of aromatic nitrogens is 3. The van der Waals surface area contributed by atoms with E-state index in [1.807, 2.05) is 30.3 Å². The maximum atomic E-state index is 14.3. The number of carbonyl (C=O) groups is 1. The summed E-state index contributed by atoms with van der Waals surface area (Å²) >= 11 is 0. The summed E-state index contributed by atoms with van der Waals surface area (Å²) in [6, 6.07) is 21.0. The van der Waals surface area contributed by atoms with E-state index in [0.717, 1.165) is 14.8 Å². The summed E-state index contributed by atoms with van der Waals surface area (Å²) < 4.78 is 21.2. The number of methoxy groups -OCH3 is 1. The van der Waals surface area contributed by atoms with Gasteiger partial charge in [0, 0.05) is 5.56 Å². The van der Waals surface area contributed by atoms with E-state index in [9.17, 15) is 18.8 Å². The molecule has 0 bridgehead atoms. The molecule has 0 saturated carbocycles. The maximum absolute atomic E-state index is 14.3. The van der Waals surface area contributed by atoms with Gasteiger partial charge in [-0.1, -0.05) is 48.5 Å². The van der Waals surface area contributed by atoms with Crippen LogP contribution in [0.25, 0.3) is 5.69 Å². The number of benzene rings is 3. The van der Waals surface area contributed by atoms with E-state index < -0.39 is 34.7 Å². The van der Waals surface area contributed by atoms with Crippen molar-refractivity contribution in [3.63, 3.8) is 0 Å². The van der Waals surface area contributed by atoms with Gasteiger partial charge >= 0.3 is 5.69 Å². The Labute approximate surface area is 200 Å². The topological polar surface area (TPSA) is 95.2 Å². The molecule has 0 aliphatic rings. The van der Waals surface area contributed by atoms with Crippen molar-refractivity contribution >= 4 is 5.91 Å². The second-order valence-corrected chi connectivity index (χ2v) is 7.83. The summed E-state index contributed by atoms with van der Waals surface area (Å²) in [5, 5.41) is 6.84. The number of nitrogens with one attached hydrogen (secondary N) is 1. The van der Waals surface area contributed by atoms with Crippen LogP contribution < -0.4 is 21.3 Å². The molecule has 0 fully saturated rings. The lowest BCUT2D eigenvalue weighted by Crippen LogP contribution is -2.46. The maximum Gasteiger partial charge on any atom is 0.352 e. The molecule has 0 spiro atoms. The minimum absolute atomic E-state index is 0.128. The monoisotopic (exact) mass is 474 g/mol. The van der Waals surface area contributed by atoms with Gasteiger partial charge in [0.15, 0.2) is 0 Å². The number of halogens is 1.